The van der Waals surface area contributed by atoms with Gasteiger partial charge in [-0.2, -0.15) is 0 Å². The Morgan fingerprint density at radius 1 is 1.19 bits per heavy atom. The summed E-state index contributed by atoms with van der Waals surface area (Å²) < 4.78 is 11.0. The van der Waals surface area contributed by atoms with Crippen molar-refractivity contribution in [2.75, 3.05) is 19.8 Å². The number of rotatable bonds is 7. The summed E-state index contributed by atoms with van der Waals surface area (Å²) in [5.41, 5.74) is 6.88. The maximum atomic E-state index is 5.61. The summed E-state index contributed by atoms with van der Waals surface area (Å²) in [4.78, 5) is 0. The van der Waals surface area contributed by atoms with Crippen LogP contribution in [0.5, 0.6) is 5.75 Å². The number of benzene rings is 1. The molecule has 1 atom stereocenters. The highest BCUT2D eigenvalue weighted by Crippen LogP contribution is 2.12. The van der Waals surface area contributed by atoms with Gasteiger partial charge in [-0.15, -0.1) is 0 Å². The van der Waals surface area contributed by atoms with E-state index in [2.05, 4.69) is 19.1 Å². The molecule has 0 heterocycles. The van der Waals surface area contributed by atoms with Crippen molar-refractivity contribution in [1.82, 2.24) is 0 Å². The molecule has 1 unspecified atom stereocenters. The quantitative estimate of drug-likeness (QED) is 0.769. The minimum absolute atomic E-state index is 0.0177. The standard InChI is InChI=1S/C13H21NO2/c1-3-11-5-7-12(8-6-11)16-10-13(9-14)15-4-2/h5-8,13H,3-4,9-10,14H2,1-2H3. The topological polar surface area (TPSA) is 44.5 Å². The van der Waals surface area contributed by atoms with Gasteiger partial charge in [0.1, 0.15) is 18.5 Å². The van der Waals surface area contributed by atoms with Crippen molar-refractivity contribution in [3.8, 4) is 5.75 Å². The molecule has 0 aliphatic heterocycles. The molecule has 0 aliphatic rings. The average molecular weight is 223 g/mol. The Morgan fingerprint density at radius 3 is 2.38 bits per heavy atom. The molecule has 2 N–H and O–H groups in total. The third kappa shape index (κ3) is 4.21. The van der Waals surface area contributed by atoms with E-state index in [4.69, 9.17) is 15.2 Å². The van der Waals surface area contributed by atoms with Gasteiger partial charge < -0.3 is 15.2 Å². The molecular weight excluding hydrogens is 202 g/mol. The van der Waals surface area contributed by atoms with Crippen LogP contribution in [0.2, 0.25) is 0 Å². The van der Waals surface area contributed by atoms with E-state index in [-0.39, 0.29) is 6.10 Å². The first-order valence-corrected chi connectivity index (χ1v) is 5.83. The summed E-state index contributed by atoms with van der Waals surface area (Å²) in [5, 5.41) is 0. The number of aryl methyl sites for hydroxylation is 1. The van der Waals surface area contributed by atoms with Crippen LogP contribution in [0.1, 0.15) is 19.4 Å². The van der Waals surface area contributed by atoms with Gasteiger partial charge in [0.15, 0.2) is 0 Å². The predicted octanol–water partition coefficient (Wildman–Crippen LogP) is 1.99. The molecule has 0 aliphatic carbocycles. The molecule has 0 bridgehead atoms. The van der Waals surface area contributed by atoms with E-state index in [0.29, 0.717) is 19.8 Å². The van der Waals surface area contributed by atoms with E-state index < -0.39 is 0 Å². The predicted molar refractivity (Wildman–Crippen MR) is 65.8 cm³/mol. The normalized spacial score (nSPS) is 12.4. The van der Waals surface area contributed by atoms with Gasteiger partial charge in [0, 0.05) is 13.2 Å². The van der Waals surface area contributed by atoms with Crippen LogP contribution in [0.4, 0.5) is 0 Å². The number of ether oxygens (including phenoxy) is 2. The fraction of sp³-hybridized carbons (Fsp3) is 0.538. The molecule has 1 aromatic carbocycles. The van der Waals surface area contributed by atoms with Gasteiger partial charge in [0.25, 0.3) is 0 Å². The number of hydrogen-bond donors (Lipinski definition) is 1. The Kier molecular flexibility index (Phi) is 5.90. The zero-order valence-corrected chi connectivity index (χ0v) is 10.1. The van der Waals surface area contributed by atoms with Crippen molar-refractivity contribution in [2.45, 2.75) is 26.4 Å². The zero-order valence-electron chi connectivity index (χ0n) is 10.1. The average Bonchev–Trinajstić information content (AvgIpc) is 2.35. The second-order valence-corrected chi connectivity index (χ2v) is 3.62. The highest BCUT2D eigenvalue weighted by Gasteiger charge is 2.06. The summed E-state index contributed by atoms with van der Waals surface area (Å²) in [7, 11) is 0. The maximum Gasteiger partial charge on any atom is 0.119 e. The Balaban J connectivity index is 2.40. The molecule has 0 amide bonds. The molecule has 0 saturated heterocycles. The van der Waals surface area contributed by atoms with Crippen LogP contribution in [-0.4, -0.2) is 25.9 Å². The molecule has 1 aromatic rings. The molecule has 1 rings (SSSR count). The summed E-state index contributed by atoms with van der Waals surface area (Å²) in [6, 6.07) is 8.12. The monoisotopic (exact) mass is 223 g/mol. The van der Waals surface area contributed by atoms with Crippen LogP contribution >= 0.6 is 0 Å². The highest BCUT2D eigenvalue weighted by molar-refractivity contribution is 5.27. The summed E-state index contributed by atoms with van der Waals surface area (Å²) in [6.07, 6.45) is 1.03. The second kappa shape index (κ2) is 7.25. The lowest BCUT2D eigenvalue weighted by Gasteiger charge is -2.15. The molecule has 3 nitrogen and oxygen atoms in total. The van der Waals surface area contributed by atoms with E-state index in [1.807, 2.05) is 19.1 Å². The summed E-state index contributed by atoms with van der Waals surface area (Å²) in [5.74, 6) is 0.871. The molecule has 90 valence electrons. The van der Waals surface area contributed by atoms with E-state index in [1.54, 1.807) is 0 Å². The van der Waals surface area contributed by atoms with Crippen molar-refractivity contribution in [1.29, 1.82) is 0 Å². The van der Waals surface area contributed by atoms with E-state index in [0.717, 1.165) is 12.2 Å². The molecule has 0 spiro atoms. The van der Waals surface area contributed by atoms with Crippen molar-refractivity contribution in [3.05, 3.63) is 29.8 Å². The highest BCUT2D eigenvalue weighted by atomic mass is 16.5. The first-order chi connectivity index (χ1) is 7.80. The van der Waals surface area contributed by atoms with Gasteiger partial charge in [-0.1, -0.05) is 19.1 Å². The molecule has 0 radical (unpaired) electrons. The third-order valence-electron chi connectivity index (χ3n) is 2.43. The van der Waals surface area contributed by atoms with Crippen LogP contribution in [0, 0.1) is 0 Å². The van der Waals surface area contributed by atoms with Crippen LogP contribution in [0.15, 0.2) is 24.3 Å². The zero-order chi connectivity index (χ0) is 11.8. The first-order valence-electron chi connectivity index (χ1n) is 5.83. The fourth-order valence-electron chi connectivity index (χ4n) is 1.43. The first kappa shape index (κ1) is 13.0. The van der Waals surface area contributed by atoms with Crippen molar-refractivity contribution in [3.63, 3.8) is 0 Å². The largest absolute Gasteiger partial charge is 0.491 e. The van der Waals surface area contributed by atoms with Crippen molar-refractivity contribution >= 4 is 0 Å². The van der Waals surface area contributed by atoms with Crippen LogP contribution < -0.4 is 10.5 Å². The molecule has 0 fully saturated rings. The lowest BCUT2D eigenvalue weighted by Crippen LogP contribution is -2.30. The Hall–Kier alpha value is -1.06. The van der Waals surface area contributed by atoms with E-state index in [1.165, 1.54) is 5.56 Å². The van der Waals surface area contributed by atoms with Crippen LogP contribution in [0.25, 0.3) is 0 Å². The summed E-state index contributed by atoms with van der Waals surface area (Å²) >= 11 is 0. The SMILES string of the molecule is CCOC(CN)COc1ccc(CC)cc1. The molecular formula is C13H21NO2. The van der Waals surface area contributed by atoms with E-state index in [9.17, 15) is 0 Å². The summed E-state index contributed by atoms with van der Waals surface area (Å²) in [6.45, 7) is 5.75. The number of hydrogen-bond acceptors (Lipinski definition) is 3. The van der Waals surface area contributed by atoms with Gasteiger partial charge in [0.05, 0.1) is 0 Å². The minimum atomic E-state index is -0.0177. The van der Waals surface area contributed by atoms with E-state index >= 15 is 0 Å². The molecule has 3 heteroatoms. The van der Waals surface area contributed by atoms with Gasteiger partial charge in [-0.05, 0) is 31.0 Å². The van der Waals surface area contributed by atoms with Crippen LogP contribution in [0.3, 0.4) is 0 Å². The Labute approximate surface area is 97.6 Å². The molecule has 0 saturated carbocycles. The van der Waals surface area contributed by atoms with Gasteiger partial charge in [0.2, 0.25) is 0 Å². The minimum Gasteiger partial charge on any atom is -0.491 e. The van der Waals surface area contributed by atoms with Crippen molar-refractivity contribution in [2.24, 2.45) is 5.73 Å². The number of nitrogens with two attached hydrogens (primary N) is 1. The van der Waals surface area contributed by atoms with Gasteiger partial charge in [-0.3, -0.25) is 0 Å². The maximum absolute atomic E-state index is 5.61. The fourth-order valence-corrected chi connectivity index (χ4v) is 1.43. The molecule has 16 heavy (non-hydrogen) atoms. The smallest absolute Gasteiger partial charge is 0.119 e. The Bertz CT molecular complexity index is 284. The Morgan fingerprint density at radius 2 is 1.88 bits per heavy atom. The molecule has 0 aromatic heterocycles. The lowest BCUT2D eigenvalue weighted by molar-refractivity contribution is 0.0337. The third-order valence-corrected chi connectivity index (χ3v) is 2.43. The lowest BCUT2D eigenvalue weighted by atomic mass is 10.2. The van der Waals surface area contributed by atoms with Gasteiger partial charge in [-0.25, -0.2) is 0 Å². The van der Waals surface area contributed by atoms with Crippen LogP contribution in [-0.2, 0) is 11.2 Å². The van der Waals surface area contributed by atoms with Gasteiger partial charge >= 0.3 is 0 Å². The second-order valence-electron chi connectivity index (χ2n) is 3.62. The van der Waals surface area contributed by atoms with Crippen molar-refractivity contribution < 1.29 is 9.47 Å².